The summed E-state index contributed by atoms with van der Waals surface area (Å²) in [5.41, 5.74) is 1.96. The molecular formula is C20H13ClN4O3S2. The van der Waals surface area contributed by atoms with Crippen molar-refractivity contribution in [2.24, 2.45) is 0 Å². The van der Waals surface area contributed by atoms with Crippen LogP contribution in [0.2, 0.25) is 5.02 Å². The lowest BCUT2D eigenvalue weighted by Gasteiger charge is -2.07. The molecule has 10 heteroatoms. The lowest BCUT2D eigenvalue weighted by Crippen LogP contribution is -2.15. The molecule has 7 nitrogen and oxygen atoms in total. The van der Waals surface area contributed by atoms with E-state index in [4.69, 9.17) is 11.6 Å². The number of nitro benzene ring substituents is 1. The Morgan fingerprint density at radius 2 is 1.93 bits per heavy atom. The van der Waals surface area contributed by atoms with E-state index in [2.05, 4.69) is 15.3 Å². The average Bonchev–Trinajstić information content (AvgIpc) is 3.18. The van der Waals surface area contributed by atoms with Gasteiger partial charge in [-0.3, -0.25) is 14.9 Å². The number of halogens is 1. The number of hydrogen-bond acceptors (Lipinski definition) is 7. The first-order valence-corrected chi connectivity index (χ1v) is 10.9. The minimum atomic E-state index is -0.527. The van der Waals surface area contributed by atoms with Crippen molar-refractivity contribution in [3.8, 4) is 11.1 Å². The van der Waals surface area contributed by atoms with Gasteiger partial charge in [-0.2, -0.15) is 0 Å². The smallest absolute Gasteiger partial charge is 0.292 e. The first-order chi connectivity index (χ1) is 14.5. The number of rotatable bonds is 6. The summed E-state index contributed by atoms with van der Waals surface area (Å²) in [5, 5.41) is 17.9. The maximum atomic E-state index is 12.4. The van der Waals surface area contributed by atoms with Crippen molar-refractivity contribution in [2.75, 3.05) is 11.1 Å². The fourth-order valence-corrected chi connectivity index (χ4v) is 4.78. The number of para-hydroxylation sites is 2. The number of fused-ring (bicyclic) bond motifs is 1. The quantitative estimate of drug-likeness (QED) is 0.174. The summed E-state index contributed by atoms with van der Waals surface area (Å²) in [7, 11) is 0. The molecule has 1 N–H and O–H groups in total. The second-order valence-corrected chi connectivity index (χ2v) is 8.38. The monoisotopic (exact) mass is 456 g/mol. The highest BCUT2D eigenvalue weighted by Gasteiger charge is 2.17. The number of benzene rings is 2. The summed E-state index contributed by atoms with van der Waals surface area (Å²) in [6.45, 7) is 0. The molecule has 0 atom stereocenters. The van der Waals surface area contributed by atoms with E-state index in [1.165, 1.54) is 41.6 Å². The number of carbonyl (C=O) groups is 1. The van der Waals surface area contributed by atoms with Gasteiger partial charge in [0.05, 0.1) is 16.1 Å². The van der Waals surface area contributed by atoms with Gasteiger partial charge < -0.3 is 5.32 Å². The van der Waals surface area contributed by atoms with Gasteiger partial charge in [0, 0.05) is 22.0 Å². The first-order valence-electron chi connectivity index (χ1n) is 8.67. The lowest BCUT2D eigenvalue weighted by atomic mass is 10.1. The molecule has 2 aromatic heterocycles. The molecule has 150 valence electrons. The maximum absolute atomic E-state index is 12.4. The van der Waals surface area contributed by atoms with Crippen LogP contribution in [0.15, 0.2) is 65.3 Å². The molecule has 2 heterocycles. The number of amides is 1. The van der Waals surface area contributed by atoms with E-state index in [1.54, 1.807) is 12.1 Å². The van der Waals surface area contributed by atoms with Crippen molar-refractivity contribution in [3.63, 3.8) is 0 Å². The van der Waals surface area contributed by atoms with E-state index in [9.17, 15) is 14.9 Å². The van der Waals surface area contributed by atoms with Crippen molar-refractivity contribution in [2.45, 2.75) is 5.03 Å². The van der Waals surface area contributed by atoms with Gasteiger partial charge in [-0.15, -0.1) is 11.3 Å². The molecule has 4 rings (SSSR count). The third-order valence-corrected chi connectivity index (χ3v) is 6.33. The standard InChI is InChI=1S/C20H13ClN4O3S2/c21-13-7-5-12(6-8-13)14-9-29-19-18(14)20(23-11-22-19)30-10-17(26)24-15-3-1-2-4-16(15)25(27)28/h1-9,11H,10H2,(H,24,26). The van der Waals surface area contributed by atoms with Crippen LogP contribution in [0.3, 0.4) is 0 Å². The molecule has 0 fully saturated rings. The van der Waals surface area contributed by atoms with Gasteiger partial charge in [0.1, 0.15) is 21.9 Å². The third-order valence-electron chi connectivity index (χ3n) is 4.21. The molecular weight excluding hydrogens is 444 g/mol. The Morgan fingerprint density at radius 3 is 2.70 bits per heavy atom. The molecule has 0 aliphatic carbocycles. The number of carbonyl (C=O) groups excluding carboxylic acids is 1. The van der Waals surface area contributed by atoms with E-state index < -0.39 is 4.92 Å². The van der Waals surface area contributed by atoms with Crippen LogP contribution in [0, 0.1) is 10.1 Å². The summed E-state index contributed by atoms with van der Waals surface area (Å²) in [4.78, 5) is 32.5. The molecule has 0 aliphatic heterocycles. The summed E-state index contributed by atoms with van der Waals surface area (Å²) < 4.78 is 0. The summed E-state index contributed by atoms with van der Waals surface area (Å²) in [6.07, 6.45) is 1.47. The zero-order valence-electron chi connectivity index (χ0n) is 15.2. The highest BCUT2D eigenvalue weighted by Crippen LogP contribution is 2.38. The second kappa shape index (κ2) is 8.78. The molecule has 0 saturated heterocycles. The number of thioether (sulfide) groups is 1. The fraction of sp³-hybridized carbons (Fsp3) is 0.0500. The van der Waals surface area contributed by atoms with Crippen molar-refractivity contribution >= 4 is 62.2 Å². The first kappa shape index (κ1) is 20.3. The van der Waals surface area contributed by atoms with Gasteiger partial charge >= 0.3 is 0 Å². The second-order valence-electron chi connectivity index (χ2n) is 6.13. The predicted octanol–water partition coefficient (Wildman–Crippen LogP) is 5.65. The number of nitro groups is 1. The molecule has 0 spiro atoms. The van der Waals surface area contributed by atoms with E-state index in [0.29, 0.717) is 10.0 Å². The number of nitrogens with zero attached hydrogens (tertiary/aromatic N) is 3. The Kier molecular flexibility index (Phi) is 5.93. The van der Waals surface area contributed by atoms with Crippen LogP contribution in [0.1, 0.15) is 0 Å². The van der Waals surface area contributed by atoms with Crippen molar-refractivity contribution in [1.82, 2.24) is 9.97 Å². The highest BCUT2D eigenvalue weighted by atomic mass is 35.5. The third kappa shape index (κ3) is 4.28. The molecule has 30 heavy (non-hydrogen) atoms. The van der Waals surface area contributed by atoms with Crippen LogP contribution in [-0.4, -0.2) is 26.6 Å². The topological polar surface area (TPSA) is 98.0 Å². The van der Waals surface area contributed by atoms with Gasteiger partial charge in [-0.1, -0.05) is 47.6 Å². The highest BCUT2D eigenvalue weighted by molar-refractivity contribution is 8.00. The zero-order valence-corrected chi connectivity index (χ0v) is 17.6. The Labute approximate surface area is 184 Å². The summed E-state index contributed by atoms with van der Waals surface area (Å²) in [5.74, 6) is -0.307. The van der Waals surface area contributed by atoms with Crippen LogP contribution in [0.5, 0.6) is 0 Å². The Morgan fingerprint density at radius 1 is 1.17 bits per heavy atom. The van der Waals surface area contributed by atoms with Crippen LogP contribution < -0.4 is 5.32 Å². The van der Waals surface area contributed by atoms with Gasteiger partial charge in [0.15, 0.2) is 0 Å². The van der Waals surface area contributed by atoms with Gasteiger partial charge in [-0.05, 0) is 23.8 Å². The number of anilines is 1. The Balaban J connectivity index is 1.56. The van der Waals surface area contributed by atoms with E-state index in [0.717, 1.165) is 21.3 Å². The SMILES string of the molecule is O=C(CSc1ncnc2scc(-c3ccc(Cl)cc3)c12)Nc1ccccc1[N+](=O)[O-]. The Bertz CT molecular complexity index is 1240. The normalized spacial score (nSPS) is 10.8. The van der Waals surface area contributed by atoms with Gasteiger partial charge in [0.2, 0.25) is 5.91 Å². The molecule has 2 aromatic carbocycles. The molecule has 0 saturated carbocycles. The molecule has 0 unspecified atom stereocenters. The van der Waals surface area contributed by atoms with E-state index >= 15 is 0 Å². The number of hydrogen-bond donors (Lipinski definition) is 1. The molecule has 4 aromatic rings. The molecule has 0 radical (unpaired) electrons. The summed E-state index contributed by atoms with van der Waals surface area (Å²) in [6, 6.07) is 13.5. The van der Waals surface area contributed by atoms with Crippen molar-refractivity contribution in [1.29, 1.82) is 0 Å². The van der Waals surface area contributed by atoms with Crippen molar-refractivity contribution in [3.05, 3.63) is 75.4 Å². The van der Waals surface area contributed by atoms with Crippen LogP contribution in [0.4, 0.5) is 11.4 Å². The van der Waals surface area contributed by atoms with Gasteiger partial charge in [0.25, 0.3) is 5.69 Å². The maximum Gasteiger partial charge on any atom is 0.292 e. The minimum Gasteiger partial charge on any atom is -0.320 e. The van der Waals surface area contributed by atoms with Crippen molar-refractivity contribution < 1.29 is 9.72 Å². The zero-order chi connectivity index (χ0) is 21.1. The fourth-order valence-electron chi connectivity index (χ4n) is 2.86. The van der Waals surface area contributed by atoms with Gasteiger partial charge in [-0.25, -0.2) is 9.97 Å². The average molecular weight is 457 g/mol. The van der Waals surface area contributed by atoms with Crippen LogP contribution >= 0.6 is 34.7 Å². The minimum absolute atomic E-state index is 0.0497. The van der Waals surface area contributed by atoms with E-state index in [-0.39, 0.29) is 23.0 Å². The number of aromatic nitrogens is 2. The Hall–Kier alpha value is -3.01. The number of thiophene rings is 1. The largest absolute Gasteiger partial charge is 0.320 e. The molecule has 0 aliphatic rings. The number of nitrogens with one attached hydrogen (secondary N) is 1. The predicted molar refractivity (Wildman–Crippen MR) is 120 cm³/mol. The lowest BCUT2D eigenvalue weighted by molar-refractivity contribution is -0.383. The molecule has 0 bridgehead atoms. The van der Waals surface area contributed by atoms with E-state index in [1.807, 2.05) is 29.6 Å². The van der Waals surface area contributed by atoms with Crippen LogP contribution in [0.25, 0.3) is 21.3 Å². The van der Waals surface area contributed by atoms with Crippen LogP contribution in [-0.2, 0) is 4.79 Å². The summed E-state index contributed by atoms with van der Waals surface area (Å²) >= 11 is 8.74. The molecule has 1 amide bonds.